The first-order chi connectivity index (χ1) is 13.0. The molecule has 0 unspecified atom stereocenters. The van der Waals surface area contributed by atoms with E-state index in [4.69, 9.17) is 4.74 Å². The van der Waals surface area contributed by atoms with Crippen molar-refractivity contribution in [3.05, 3.63) is 58.0 Å². The van der Waals surface area contributed by atoms with Crippen LogP contribution in [0.1, 0.15) is 35.1 Å². The number of rotatable bonds is 3. The molecule has 3 aromatic rings. The zero-order valence-electron chi connectivity index (χ0n) is 14.8. The highest BCUT2D eigenvalue weighted by Gasteiger charge is 2.27. The molecule has 0 radical (unpaired) electrons. The van der Waals surface area contributed by atoms with Gasteiger partial charge in [0.2, 0.25) is 5.43 Å². The predicted molar refractivity (Wildman–Crippen MR) is 97.5 cm³/mol. The van der Waals surface area contributed by atoms with Gasteiger partial charge < -0.3 is 19.6 Å². The number of hydrogen-bond acceptors (Lipinski definition) is 4. The Kier molecular flexibility index (Phi) is 4.39. The fraction of sp³-hybridized carbons (Fsp3) is 0.316. The molecule has 1 saturated heterocycles. The summed E-state index contributed by atoms with van der Waals surface area (Å²) in [6, 6.07) is 5.75. The highest BCUT2D eigenvalue weighted by molar-refractivity contribution is 5.92. The molecule has 1 aromatic carbocycles. The average molecular weight is 370 g/mol. The zero-order chi connectivity index (χ0) is 19.0. The number of methoxy groups -OCH3 is 1. The van der Waals surface area contributed by atoms with Crippen LogP contribution in [0.25, 0.3) is 11.0 Å². The standard InChI is InChI=1S/C19H19FN4O3/c1-27-17-10-21-15(9-16(17)25)19(26)24-6-4-11(5-7-24)18-22-13-3-2-12(20)8-14(13)23-18/h2-3,8-11H,4-7H2,1H3,(H,21,25)(H,22,23). The summed E-state index contributed by atoms with van der Waals surface area (Å²) >= 11 is 0. The first kappa shape index (κ1) is 17.3. The van der Waals surface area contributed by atoms with E-state index in [9.17, 15) is 14.0 Å². The summed E-state index contributed by atoms with van der Waals surface area (Å²) in [6.07, 6.45) is 2.89. The summed E-state index contributed by atoms with van der Waals surface area (Å²) in [7, 11) is 1.41. The van der Waals surface area contributed by atoms with Gasteiger partial charge in [0.15, 0.2) is 5.75 Å². The van der Waals surface area contributed by atoms with Crippen LogP contribution in [0.15, 0.2) is 35.3 Å². The minimum atomic E-state index is -0.330. The molecule has 2 aromatic heterocycles. The summed E-state index contributed by atoms with van der Waals surface area (Å²) in [5.41, 5.74) is 1.34. The Morgan fingerprint density at radius 1 is 1.30 bits per heavy atom. The lowest BCUT2D eigenvalue weighted by Crippen LogP contribution is -2.38. The predicted octanol–water partition coefficient (Wildman–Crippen LogP) is 2.42. The monoisotopic (exact) mass is 370 g/mol. The number of halogens is 1. The number of aromatic nitrogens is 3. The molecule has 0 saturated carbocycles. The van der Waals surface area contributed by atoms with E-state index in [1.807, 2.05) is 0 Å². The highest BCUT2D eigenvalue weighted by Crippen LogP contribution is 2.28. The SMILES string of the molecule is COc1c[nH]c(C(=O)N2CCC(c3nc4ccc(F)cc4[nH]3)CC2)cc1=O. The Hall–Kier alpha value is -3.16. The fourth-order valence-corrected chi connectivity index (χ4v) is 3.46. The number of imidazole rings is 1. The maximum absolute atomic E-state index is 13.3. The summed E-state index contributed by atoms with van der Waals surface area (Å²) < 4.78 is 18.3. The van der Waals surface area contributed by atoms with Gasteiger partial charge in [-0.25, -0.2) is 9.37 Å². The molecule has 27 heavy (non-hydrogen) atoms. The van der Waals surface area contributed by atoms with Gasteiger partial charge in [-0.1, -0.05) is 0 Å². The third-order valence-electron chi connectivity index (χ3n) is 4.96. The molecule has 2 N–H and O–H groups in total. The van der Waals surface area contributed by atoms with Crippen molar-refractivity contribution < 1.29 is 13.9 Å². The van der Waals surface area contributed by atoms with Crippen molar-refractivity contribution >= 4 is 16.9 Å². The van der Waals surface area contributed by atoms with Crippen LogP contribution in [0.4, 0.5) is 4.39 Å². The molecule has 8 heteroatoms. The van der Waals surface area contributed by atoms with Gasteiger partial charge in [0.05, 0.1) is 18.1 Å². The normalized spacial score (nSPS) is 15.3. The van der Waals surface area contributed by atoms with Crippen LogP contribution >= 0.6 is 0 Å². The number of amides is 1. The van der Waals surface area contributed by atoms with Crippen LogP contribution in [0, 0.1) is 5.82 Å². The molecule has 1 fully saturated rings. The Balaban J connectivity index is 1.45. The fourth-order valence-electron chi connectivity index (χ4n) is 3.46. The van der Waals surface area contributed by atoms with E-state index in [1.54, 1.807) is 11.0 Å². The van der Waals surface area contributed by atoms with E-state index in [2.05, 4.69) is 15.0 Å². The van der Waals surface area contributed by atoms with Gasteiger partial charge in [-0.2, -0.15) is 0 Å². The molecule has 0 atom stereocenters. The second kappa shape index (κ2) is 6.86. The van der Waals surface area contributed by atoms with Crippen LogP contribution in [0.2, 0.25) is 0 Å². The van der Waals surface area contributed by atoms with Gasteiger partial charge >= 0.3 is 0 Å². The largest absolute Gasteiger partial charge is 0.491 e. The number of likely N-dealkylation sites (tertiary alicyclic amines) is 1. The molecule has 3 heterocycles. The van der Waals surface area contributed by atoms with E-state index in [1.165, 1.54) is 31.5 Å². The number of piperidine rings is 1. The maximum Gasteiger partial charge on any atom is 0.270 e. The van der Waals surface area contributed by atoms with Crippen molar-refractivity contribution in [3.8, 4) is 5.75 Å². The number of hydrogen-bond donors (Lipinski definition) is 2. The van der Waals surface area contributed by atoms with Gasteiger partial charge in [0.25, 0.3) is 5.91 Å². The van der Waals surface area contributed by atoms with E-state index < -0.39 is 0 Å². The average Bonchev–Trinajstić information content (AvgIpc) is 3.10. The van der Waals surface area contributed by atoms with Crippen molar-refractivity contribution in [1.82, 2.24) is 19.9 Å². The smallest absolute Gasteiger partial charge is 0.270 e. The minimum Gasteiger partial charge on any atom is -0.491 e. The molecule has 1 aliphatic rings. The molecule has 0 aliphatic carbocycles. The first-order valence-electron chi connectivity index (χ1n) is 8.76. The second-order valence-corrected chi connectivity index (χ2v) is 6.63. The van der Waals surface area contributed by atoms with Crippen LogP contribution in [-0.4, -0.2) is 46.0 Å². The second-order valence-electron chi connectivity index (χ2n) is 6.63. The number of aromatic amines is 2. The van der Waals surface area contributed by atoms with E-state index in [-0.39, 0.29) is 34.5 Å². The third-order valence-corrected chi connectivity index (χ3v) is 4.96. The Morgan fingerprint density at radius 2 is 2.07 bits per heavy atom. The van der Waals surface area contributed by atoms with Crippen molar-refractivity contribution in [2.24, 2.45) is 0 Å². The van der Waals surface area contributed by atoms with Gasteiger partial charge in [0.1, 0.15) is 17.3 Å². The zero-order valence-corrected chi connectivity index (χ0v) is 14.8. The number of carbonyl (C=O) groups excluding carboxylic acids is 1. The lowest BCUT2D eigenvalue weighted by atomic mass is 9.96. The van der Waals surface area contributed by atoms with Crippen LogP contribution in [0.5, 0.6) is 5.75 Å². The summed E-state index contributed by atoms with van der Waals surface area (Å²) in [5, 5.41) is 0. The number of fused-ring (bicyclic) bond motifs is 1. The number of nitrogens with one attached hydrogen (secondary N) is 2. The minimum absolute atomic E-state index is 0.173. The lowest BCUT2D eigenvalue weighted by Gasteiger charge is -2.31. The number of benzene rings is 1. The maximum atomic E-state index is 13.3. The third kappa shape index (κ3) is 3.30. The number of nitrogens with zero attached hydrogens (tertiary/aromatic N) is 2. The molecular formula is C19H19FN4O3. The molecule has 140 valence electrons. The van der Waals surface area contributed by atoms with Gasteiger partial charge in [-0.05, 0) is 31.0 Å². The number of carbonyl (C=O) groups is 1. The van der Waals surface area contributed by atoms with Gasteiger partial charge in [-0.15, -0.1) is 0 Å². The number of H-pyrrole nitrogens is 2. The lowest BCUT2D eigenvalue weighted by molar-refractivity contribution is 0.0705. The summed E-state index contributed by atoms with van der Waals surface area (Å²) in [4.78, 5) is 36.7. The first-order valence-corrected chi connectivity index (χ1v) is 8.76. The Morgan fingerprint density at radius 3 is 2.78 bits per heavy atom. The van der Waals surface area contributed by atoms with Gasteiger partial charge in [-0.3, -0.25) is 9.59 Å². The van der Waals surface area contributed by atoms with Crippen LogP contribution in [0.3, 0.4) is 0 Å². The van der Waals surface area contributed by atoms with Crippen LogP contribution in [-0.2, 0) is 0 Å². The van der Waals surface area contributed by atoms with Crippen molar-refractivity contribution in [1.29, 1.82) is 0 Å². The highest BCUT2D eigenvalue weighted by atomic mass is 19.1. The van der Waals surface area contributed by atoms with E-state index in [0.29, 0.717) is 18.6 Å². The molecular weight excluding hydrogens is 351 g/mol. The van der Waals surface area contributed by atoms with Crippen molar-refractivity contribution in [3.63, 3.8) is 0 Å². The van der Waals surface area contributed by atoms with Crippen molar-refractivity contribution in [2.75, 3.05) is 20.2 Å². The molecule has 1 aliphatic heterocycles. The molecule has 4 rings (SSSR count). The van der Waals surface area contributed by atoms with E-state index in [0.717, 1.165) is 24.2 Å². The van der Waals surface area contributed by atoms with Crippen molar-refractivity contribution in [2.45, 2.75) is 18.8 Å². The molecule has 0 bridgehead atoms. The van der Waals surface area contributed by atoms with Crippen LogP contribution < -0.4 is 10.2 Å². The van der Waals surface area contributed by atoms with E-state index >= 15 is 0 Å². The Bertz CT molecular complexity index is 1050. The molecule has 7 nitrogen and oxygen atoms in total. The summed E-state index contributed by atoms with van der Waals surface area (Å²) in [6.45, 7) is 1.12. The molecule has 1 amide bonds. The quantitative estimate of drug-likeness (QED) is 0.741. The topological polar surface area (TPSA) is 91.1 Å². The Labute approximate surface area is 154 Å². The number of ether oxygens (including phenoxy) is 1. The summed E-state index contributed by atoms with van der Waals surface area (Å²) in [5.74, 6) is 0.665. The van der Waals surface area contributed by atoms with Gasteiger partial charge in [0, 0.05) is 31.3 Å². The molecule has 0 spiro atoms. The number of pyridine rings is 1.